The van der Waals surface area contributed by atoms with Crippen LogP contribution in [0.2, 0.25) is 0 Å². The number of rotatable bonds is 8. The Morgan fingerprint density at radius 2 is 2.04 bits per heavy atom. The Bertz CT molecular complexity index is 661. The topological polar surface area (TPSA) is 73.3 Å². The van der Waals surface area contributed by atoms with Gasteiger partial charge in [-0.25, -0.2) is 0 Å². The van der Waals surface area contributed by atoms with Gasteiger partial charge in [-0.1, -0.05) is 36.4 Å². The smallest absolute Gasteiger partial charge is 0.257 e. The molecule has 1 N–H and O–H groups in total. The number of hydrogen-bond acceptors (Lipinski definition) is 7. The van der Waals surface area contributed by atoms with E-state index in [4.69, 9.17) is 9.47 Å². The highest BCUT2D eigenvalue weighted by Gasteiger charge is 2.13. The van der Waals surface area contributed by atoms with Crippen molar-refractivity contribution in [2.45, 2.75) is 24.1 Å². The fourth-order valence-electron chi connectivity index (χ4n) is 1.77. The molecule has 0 aliphatic heterocycles. The number of nitrogens with zero attached hydrogens (tertiary/aromatic N) is 2. The minimum absolute atomic E-state index is 0.257. The second-order valence-electron chi connectivity index (χ2n) is 4.60. The third-order valence-electron chi connectivity index (χ3n) is 3.00. The molecule has 124 valence electrons. The highest BCUT2D eigenvalue weighted by molar-refractivity contribution is 8.01. The lowest BCUT2D eigenvalue weighted by molar-refractivity contribution is 0.102. The number of aromatic nitrogens is 2. The number of carbonyl (C=O) groups is 1. The zero-order chi connectivity index (χ0) is 16.7. The Morgan fingerprint density at radius 1 is 1.26 bits per heavy atom. The lowest BCUT2D eigenvalue weighted by atomic mass is 10.2. The minimum atomic E-state index is -0.257. The number of benzene rings is 1. The average Bonchev–Trinajstić information content (AvgIpc) is 3.01. The Balaban J connectivity index is 2.01. The standard InChI is InChI=1S/C15H19N3O3S2/c1-4-5-8-22-15-18-17-14(23-15)16-13(19)10-6-7-11(20-2)12(9-10)21-3/h6-7,9H,4-5,8H2,1-3H3,(H,16,17,19). The van der Waals surface area contributed by atoms with Crippen molar-refractivity contribution >= 4 is 34.1 Å². The number of carbonyl (C=O) groups excluding carboxylic acids is 1. The van der Waals surface area contributed by atoms with Crippen LogP contribution in [-0.4, -0.2) is 36.1 Å². The van der Waals surface area contributed by atoms with Crippen LogP contribution in [-0.2, 0) is 0 Å². The maximum absolute atomic E-state index is 12.3. The van der Waals surface area contributed by atoms with Crippen LogP contribution in [0.4, 0.5) is 5.13 Å². The molecule has 2 rings (SSSR count). The molecule has 0 fully saturated rings. The third-order valence-corrected chi connectivity index (χ3v) is 5.05. The molecular formula is C15H19N3O3S2. The summed E-state index contributed by atoms with van der Waals surface area (Å²) in [7, 11) is 3.08. The molecule has 1 amide bonds. The number of nitrogens with one attached hydrogen (secondary N) is 1. The van der Waals surface area contributed by atoms with Crippen LogP contribution >= 0.6 is 23.1 Å². The predicted molar refractivity (Wildman–Crippen MR) is 93.0 cm³/mol. The lowest BCUT2D eigenvalue weighted by Gasteiger charge is -2.08. The summed E-state index contributed by atoms with van der Waals surface area (Å²) < 4.78 is 11.2. The van der Waals surface area contributed by atoms with Gasteiger partial charge < -0.3 is 9.47 Å². The molecule has 6 nitrogen and oxygen atoms in total. The van der Waals surface area contributed by atoms with Gasteiger partial charge in [-0.15, -0.1) is 10.2 Å². The number of thioether (sulfide) groups is 1. The monoisotopic (exact) mass is 353 g/mol. The van der Waals surface area contributed by atoms with E-state index in [1.54, 1.807) is 37.1 Å². The van der Waals surface area contributed by atoms with E-state index in [1.165, 1.54) is 18.4 Å². The summed E-state index contributed by atoms with van der Waals surface area (Å²) in [6.07, 6.45) is 2.28. The summed E-state index contributed by atoms with van der Waals surface area (Å²) >= 11 is 3.03. The summed E-state index contributed by atoms with van der Waals surface area (Å²) in [6, 6.07) is 5.00. The highest BCUT2D eigenvalue weighted by atomic mass is 32.2. The van der Waals surface area contributed by atoms with E-state index in [-0.39, 0.29) is 5.91 Å². The molecule has 1 aromatic carbocycles. The summed E-state index contributed by atoms with van der Waals surface area (Å²) in [6.45, 7) is 2.15. The van der Waals surface area contributed by atoms with Crippen LogP contribution in [0.1, 0.15) is 30.1 Å². The van der Waals surface area contributed by atoms with E-state index in [1.807, 2.05) is 0 Å². The van der Waals surface area contributed by atoms with Crippen molar-refractivity contribution in [2.75, 3.05) is 25.3 Å². The van der Waals surface area contributed by atoms with E-state index < -0.39 is 0 Å². The van der Waals surface area contributed by atoms with Gasteiger partial charge in [0, 0.05) is 11.3 Å². The van der Waals surface area contributed by atoms with Gasteiger partial charge in [0.05, 0.1) is 14.2 Å². The van der Waals surface area contributed by atoms with E-state index in [9.17, 15) is 4.79 Å². The van der Waals surface area contributed by atoms with Crippen molar-refractivity contribution in [3.05, 3.63) is 23.8 Å². The first-order valence-electron chi connectivity index (χ1n) is 7.17. The van der Waals surface area contributed by atoms with Gasteiger partial charge in [0.1, 0.15) is 0 Å². The first-order chi connectivity index (χ1) is 11.2. The Morgan fingerprint density at radius 3 is 2.74 bits per heavy atom. The molecule has 0 saturated carbocycles. The molecule has 0 bridgehead atoms. The van der Waals surface area contributed by atoms with E-state index >= 15 is 0 Å². The van der Waals surface area contributed by atoms with Gasteiger partial charge in [-0.3, -0.25) is 10.1 Å². The van der Waals surface area contributed by atoms with Gasteiger partial charge in [0.2, 0.25) is 5.13 Å². The van der Waals surface area contributed by atoms with Crippen molar-refractivity contribution < 1.29 is 14.3 Å². The van der Waals surface area contributed by atoms with E-state index in [0.717, 1.165) is 22.9 Å². The van der Waals surface area contributed by atoms with Crippen LogP contribution in [0, 0.1) is 0 Å². The van der Waals surface area contributed by atoms with Gasteiger partial charge in [-0.05, 0) is 24.6 Å². The number of anilines is 1. The Labute approximate surface area is 143 Å². The molecule has 1 heterocycles. The lowest BCUT2D eigenvalue weighted by Crippen LogP contribution is -2.11. The molecule has 23 heavy (non-hydrogen) atoms. The molecule has 0 saturated heterocycles. The van der Waals surface area contributed by atoms with Crippen molar-refractivity contribution in [1.82, 2.24) is 10.2 Å². The maximum Gasteiger partial charge on any atom is 0.257 e. The van der Waals surface area contributed by atoms with Crippen molar-refractivity contribution in [2.24, 2.45) is 0 Å². The number of unbranched alkanes of at least 4 members (excludes halogenated alkanes) is 1. The molecule has 0 aliphatic carbocycles. The Kier molecular flexibility index (Phi) is 6.66. The molecular weight excluding hydrogens is 334 g/mol. The first kappa shape index (κ1) is 17.6. The first-order valence-corrected chi connectivity index (χ1v) is 8.97. The minimum Gasteiger partial charge on any atom is -0.493 e. The fraction of sp³-hybridized carbons (Fsp3) is 0.400. The zero-order valence-corrected chi connectivity index (χ0v) is 14.9. The molecule has 0 aliphatic rings. The summed E-state index contributed by atoms with van der Waals surface area (Å²) in [5.41, 5.74) is 0.470. The van der Waals surface area contributed by atoms with Gasteiger partial charge in [0.25, 0.3) is 5.91 Å². The summed E-state index contributed by atoms with van der Waals surface area (Å²) in [5, 5.41) is 11.3. The summed E-state index contributed by atoms with van der Waals surface area (Å²) in [5.74, 6) is 1.84. The second-order valence-corrected chi connectivity index (χ2v) is 6.92. The van der Waals surface area contributed by atoms with Crippen LogP contribution in [0.15, 0.2) is 22.5 Å². The average molecular weight is 353 g/mol. The van der Waals surface area contributed by atoms with Crippen LogP contribution in [0.25, 0.3) is 0 Å². The van der Waals surface area contributed by atoms with E-state index in [0.29, 0.717) is 22.2 Å². The number of methoxy groups -OCH3 is 2. The normalized spacial score (nSPS) is 10.4. The maximum atomic E-state index is 12.3. The molecule has 0 unspecified atom stereocenters. The number of hydrogen-bond donors (Lipinski definition) is 1. The molecule has 0 spiro atoms. The quantitative estimate of drug-likeness (QED) is 0.443. The van der Waals surface area contributed by atoms with E-state index in [2.05, 4.69) is 22.4 Å². The van der Waals surface area contributed by atoms with Crippen LogP contribution < -0.4 is 14.8 Å². The number of amides is 1. The largest absolute Gasteiger partial charge is 0.493 e. The zero-order valence-electron chi connectivity index (χ0n) is 13.3. The van der Waals surface area contributed by atoms with Crippen molar-refractivity contribution in [3.8, 4) is 11.5 Å². The van der Waals surface area contributed by atoms with Gasteiger partial charge in [-0.2, -0.15) is 0 Å². The van der Waals surface area contributed by atoms with Gasteiger partial charge in [0.15, 0.2) is 15.8 Å². The van der Waals surface area contributed by atoms with Crippen molar-refractivity contribution in [1.29, 1.82) is 0 Å². The van der Waals surface area contributed by atoms with Gasteiger partial charge >= 0.3 is 0 Å². The molecule has 0 radical (unpaired) electrons. The molecule has 1 aromatic heterocycles. The Hall–Kier alpha value is -1.80. The summed E-state index contributed by atoms with van der Waals surface area (Å²) in [4.78, 5) is 12.3. The molecule has 8 heteroatoms. The van der Waals surface area contributed by atoms with Crippen molar-refractivity contribution in [3.63, 3.8) is 0 Å². The third kappa shape index (κ3) is 4.84. The SMILES string of the molecule is CCCCSc1nnc(NC(=O)c2ccc(OC)c(OC)c2)s1. The molecule has 0 atom stereocenters. The predicted octanol–water partition coefficient (Wildman–Crippen LogP) is 3.70. The highest BCUT2D eigenvalue weighted by Crippen LogP contribution is 2.29. The number of ether oxygens (including phenoxy) is 2. The molecule has 2 aromatic rings. The fourth-order valence-corrected chi connectivity index (χ4v) is 3.67. The second kappa shape index (κ2) is 8.73. The van der Waals surface area contributed by atoms with Crippen LogP contribution in [0.5, 0.6) is 11.5 Å². The van der Waals surface area contributed by atoms with Crippen LogP contribution in [0.3, 0.4) is 0 Å².